The molecule has 1 aromatic carbocycles. The molecule has 6 nitrogen and oxygen atoms in total. The van der Waals surface area contributed by atoms with Crippen molar-refractivity contribution in [3.05, 3.63) is 50.6 Å². The van der Waals surface area contributed by atoms with Gasteiger partial charge in [0.1, 0.15) is 0 Å². The van der Waals surface area contributed by atoms with Crippen LogP contribution < -0.4 is 0 Å². The Morgan fingerprint density at radius 3 is 2.32 bits per heavy atom. The molecular weight excluding hydrogens is 328 g/mol. The maximum atomic E-state index is 11.2. The summed E-state index contributed by atoms with van der Waals surface area (Å²) in [6, 6.07) is 3.77. The normalized spacial score (nSPS) is 29.5. The van der Waals surface area contributed by atoms with E-state index in [1.807, 2.05) is 0 Å². The van der Waals surface area contributed by atoms with Crippen LogP contribution >= 0.6 is 23.4 Å². The van der Waals surface area contributed by atoms with Gasteiger partial charge in [-0.3, -0.25) is 20.2 Å². The van der Waals surface area contributed by atoms with E-state index in [0.717, 1.165) is 18.9 Å². The number of fused-ring (bicyclic) bond motifs is 2. The first-order valence-electron chi connectivity index (χ1n) is 6.89. The maximum Gasteiger partial charge on any atom is 0.289 e. The van der Waals surface area contributed by atoms with Crippen LogP contribution in [0.1, 0.15) is 12.8 Å². The fourth-order valence-electron chi connectivity index (χ4n) is 3.04. The summed E-state index contributed by atoms with van der Waals surface area (Å²) < 4.78 is 0. The van der Waals surface area contributed by atoms with Crippen molar-refractivity contribution in [1.29, 1.82) is 0 Å². The quantitative estimate of drug-likeness (QED) is 0.355. The summed E-state index contributed by atoms with van der Waals surface area (Å²) in [7, 11) is 0. The Morgan fingerprint density at radius 1 is 1.09 bits per heavy atom. The predicted octanol–water partition coefficient (Wildman–Crippen LogP) is 4.17. The molecule has 1 saturated carbocycles. The monoisotopic (exact) mass is 340 g/mol. The van der Waals surface area contributed by atoms with Gasteiger partial charge in [-0.2, -0.15) is 0 Å². The van der Waals surface area contributed by atoms with Crippen LogP contribution in [0.4, 0.5) is 11.4 Å². The summed E-state index contributed by atoms with van der Waals surface area (Å²) in [6.07, 6.45) is 6.35. The highest BCUT2D eigenvalue weighted by molar-refractivity contribution is 8.00. The lowest BCUT2D eigenvalue weighted by atomic mass is 9.75. The molecule has 116 valence electrons. The number of nitro benzene ring substituents is 2. The van der Waals surface area contributed by atoms with E-state index in [-0.39, 0.29) is 22.0 Å². The Labute approximate surface area is 135 Å². The van der Waals surface area contributed by atoms with Gasteiger partial charge in [0.25, 0.3) is 11.4 Å². The van der Waals surface area contributed by atoms with Crippen LogP contribution in [0.3, 0.4) is 0 Å². The minimum absolute atomic E-state index is 0.0607. The molecule has 0 radical (unpaired) electrons. The van der Waals surface area contributed by atoms with Crippen LogP contribution in [0.15, 0.2) is 35.2 Å². The van der Waals surface area contributed by atoms with Crippen molar-refractivity contribution in [3.8, 4) is 0 Å². The molecule has 0 aromatic heterocycles. The van der Waals surface area contributed by atoms with Gasteiger partial charge in [0, 0.05) is 11.3 Å². The van der Waals surface area contributed by atoms with Gasteiger partial charge in [-0.05, 0) is 30.7 Å². The Hall–Kier alpha value is -1.60. The first-order chi connectivity index (χ1) is 10.5. The van der Waals surface area contributed by atoms with E-state index in [1.54, 1.807) is 0 Å². The summed E-state index contributed by atoms with van der Waals surface area (Å²) in [4.78, 5) is 21.2. The molecule has 0 unspecified atom stereocenters. The van der Waals surface area contributed by atoms with Crippen LogP contribution in [0, 0.1) is 32.1 Å². The first-order valence-corrected chi connectivity index (χ1v) is 8.21. The zero-order valence-electron chi connectivity index (χ0n) is 11.4. The fraction of sp³-hybridized carbons (Fsp3) is 0.429. The number of halogens is 1. The number of nitro groups is 2. The molecular formula is C14H13ClN2O4S. The molecule has 1 aromatic rings. The Bertz CT molecular complexity index is 666. The molecule has 8 heteroatoms. The molecule has 3 aliphatic rings. The zero-order valence-corrected chi connectivity index (χ0v) is 13.0. The second-order valence-electron chi connectivity index (χ2n) is 5.48. The van der Waals surface area contributed by atoms with E-state index in [1.165, 1.54) is 23.9 Å². The van der Waals surface area contributed by atoms with Crippen molar-refractivity contribution in [3.63, 3.8) is 0 Å². The number of nitrogens with zero attached hydrogens (tertiary/aromatic N) is 2. The standard InChI is InChI=1S/C14H13ClN2O4S/c15-13-8-1-3-9(4-2-8)14(13)22-12-6-5-10(16(18)19)7-11(12)17(20)21/h1,3,5-9,13-14H,2,4H2/t8-,9-,13+,14+/m0/s1. The van der Waals surface area contributed by atoms with E-state index in [9.17, 15) is 20.2 Å². The topological polar surface area (TPSA) is 86.3 Å². The third kappa shape index (κ3) is 2.70. The number of hydrogen-bond acceptors (Lipinski definition) is 5. The second kappa shape index (κ2) is 5.89. The van der Waals surface area contributed by atoms with Gasteiger partial charge < -0.3 is 0 Å². The van der Waals surface area contributed by atoms with Crippen LogP contribution in [0.5, 0.6) is 0 Å². The highest BCUT2D eigenvalue weighted by Crippen LogP contribution is 2.48. The van der Waals surface area contributed by atoms with E-state index in [2.05, 4.69) is 12.2 Å². The molecule has 0 amide bonds. The van der Waals surface area contributed by atoms with E-state index >= 15 is 0 Å². The Kier molecular flexibility index (Phi) is 4.10. The van der Waals surface area contributed by atoms with E-state index in [0.29, 0.717) is 16.7 Å². The van der Waals surface area contributed by atoms with E-state index < -0.39 is 9.85 Å². The summed E-state index contributed by atoms with van der Waals surface area (Å²) in [5, 5.41) is 22.0. The van der Waals surface area contributed by atoms with Gasteiger partial charge in [-0.25, -0.2) is 0 Å². The second-order valence-corrected chi connectivity index (χ2v) is 7.21. The Balaban J connectivity index is 1.90. The highest BCUT2D eigenvalue weighted by atomic mass is 35.5. The lowest BCUT2D eigenvalue weighted by Crippen LogP contribution is -2.39. The molecule has 0 saturated heterocycles. The Morgan fingerprint density at radius 2 is 1.77 bits per heavy atom. The maximum absolute atomic E-state index is 11.2. The average Bonchev–Trinajstić information content (AvgIpc) is 2.51. The lowest BCUT2D eigenvalue weighted by molar-refractivity contribution is -0.396. The molecule has 4 atom stereocenters. The number of rotatable bonds is 4. The van der Waals surface area contributed by atoms with Crippen molar-refractivity contribution < 1.29 is 9.85 Å². The minimum atomic E-state index is -0.628. The molecule has 2 bridgehead atoms. The zero-order chi connectivity index (χ0) is 15.9. The SMILES string of the molecule is O=[N+]([O-])c1ccc(S[C@H]2[C@H](Cl)[C@H]3C=C[C@H]2CC3)c([N+](=O)[O-])c1. The summed E-state index contributed by atoms with van der Waals surface area (Å²) >= 11 is 7.86. The average molecular weight is 341 g/mol. The van der Waals surface area contributed by atoms with Crippen molar-refractivity contribution in [2.75, 3.05) is 0 Å². The van der Waals surface area contributed by atoms with Gasteiger partial charge in [-0.15, -0.1) is 23.4 Å². The van der Waals surface area contributed by atoms with Crippen LogP contribution in [-0.2, 0) is 0 Å². The third-order valence-corrected chi connectivity index (χ3v) is 6.46. The minimum Gasteiger partial charge on any atom is -0.258 e. The molecule has 1 fully saturated rings. The van der Waals surface area contributed by atoms with Gasteiger partial charge in [0.2, 0.25) is 0 Å². The number of allylic oxidation sites excluding steroid dienone is 2. The largest absolute Gasteiger partial charge is 0.289 e. The predicted molar refractivity (Wildman–Crippen MR) is 84.4 cm³/mol. The van der Waals surface area contributed by atoms with E-state index in [4.69, 9.17) is 11.6 Å². The lowest BCUT2D eigenvalue weighted by Gasteiger charge is -2.41. The molecule has 3 aliphatic carbocycles. The van der Waals surface area contributed by atoms with Crippen molar-refractivity contribution in [2.45, 2.75) is 28.4 Å². The van der Waals surface area contributed by atoms with Gasteiger partial charge >= 0.3 is 0 Å². The smallest absolute Gasteiger partial charge is 0.258 e. The molecule has 22 heavy (non-hydrogen) atoms. The third-order valence-electron chi connectivity index (χ3n) is 4.20. The van der Waals surface area contributed by atoms with Crippen molar-refractivity contribution >= 4 is 34.7 Å². The van der Waals surface area contributed by atoms with Crippen molar-refractivity contribution in [2.24, 2.45) is 11.8 Å². The summed E-state index contributed by atoms with van der Waals surface area (Å²) in [5.41, 5.74) is -0.503. The molecule has 0 aliphatic heterocycles. The van der Waals surface area contributed by atoms with Gasteiger partial charge in [0.05, 0.1) is 26.2 Å². The van der Waals surface area contributed by atoms with Gasteiger partial charge in [0.15, 0.2) is 0 Å². The van der Waals surface area contributed by atoms with Crippen LogP contribution in [0.25, 0.3) is 0 Å². The molecule has 4 rings (SSSR count). The molecule has 0 N–H and O–H groups in total. The molecule has 0 heterocycles. The van der Waals surface area contributed by atoms with Crippen LogP contribution in [-0.4, -0.2) is 20.5 Å². The number of non-ortho nitro benzene ring substituents is 1. The summed E-state index contributed by atoms with van der Waals surface area (Å²) in [5.74, 6) is 0.605. The number of benzene rings is 1. The number of alkyl halides is 1. The van der Waals surface area contributed by atoms with Gasteiger partial charge in [-0.1, -0.05) is 12.2 Å². The fourth-order valence-corrected chi connectivity index (χ4v) is 5.02. The van der Waals surface area contributed by atoms with Crippen molar-refractivity contribution in [1.82, 2.24) is 0 Å². The number of hydrogen-bond donors (Lipinski definition) is 0. The molecule has 0 spiro atoms. The highest BCUT2D eigenvalue weighted by Gasteiger charge is 2.41. The first kappa shape index (κ1) is 15.3. The number of thioether (sulfide) groups is 1. The van der Waals surface area contributed by atoms with Crippen LogP contribution in [0.2, 0.25) is 0 Å². The summed E-state index contributed by atoms with van der Waals surface area (Å²) in [6.45, 7) is 0.